The molecule has 2 rings (SSSR count). The minimum atomic E-state index is 0.0610. The Morgan fingerprint density at radius 3 is 2.78 bits per heavy atom. The van der Waals surface area contributed by atoms with Gasteiger partial charge in [0.1, 0.15) is 0 Å². The van der Waals surface area contributed by atoms with Crippen LogP contribution in [-0.4, -0.2) is 41.8 Å². The quantitative estimate of drug-likeness (QED) is 0.791. The number of amides is 2. The summed E-state index contributed by atoms with van der Waals surface area (Å²) in [6.07, 6.45) is 5.70. The summed E-state index contributed by atoms with van der Waals surface area (Å²) in [6.45, 7) is 6.17. The Kier molecular flexibility index (Phi) is 4.15. The zero-order valence-electron chi connectivity index (χ0n) is 11.6. The maximum absolute atomic E-state index is 12.2. The fourth-order valence-electron chi connectivity index (χ4n) is 3.17. The number of nitrogens with one attached hydrogen (secondary N) is 1. The molecule has 1 aliphatic carbocycles. The zero-order valence-corrected chi connectivity index (χ0v) is 11.6. The molecule has 1 saturated carbocycles. The van der Waals surface area contributed by atoms with E-state index in [9.17, 15) is 4.79 Å². The van der Waals surface area contributed by atoms with E-state index in [0.29, 0.717) is 12.6 Å². The van der Waals surface area contributed by atoms with Crippen LogP contribution < -0.4 is 5.32 Å². The first kappa shape index (κ1) is 13.7. The van der Waals surface area contributed by atoms with Crippen molar-refractivity contribution in [2.75, 3.05) is 19.7 Å². The van der Waals surface area contributed by atoms with Gasteiger partial charge in [0, 0.05) is 31.7 Å². The number of urea groups is 1. The van der Waals surface area contributed by atoms with Crippen LogP contribution in [0.15, 0.2) is 0 Å². The van der Waals surface area contributed by atoms with Crippen molar-refractivity contribution in [1.29, 1.82) is 0 Å². The molecule has 1 heterocycles. The summed E-state index contributed by atoms with van der Waals surface area (Å²) in [5.41, 5.74) is 0.212. The molecule has 4 nitrogen and oxygen atoms in total. The second kappa shape index (κ2) is 5.47. The molecule has 4 heteroatoms. The number of hydrogen-bond acceptors (Lipinski definition) is 2. The van der Waals surface area contributed by atoms with Gasteiger partial charge >= 0.3 is 6.03 Å². The van der Waals surface area contributed by atoms with Crippen LogP contribution in [0.2, 0.25) is 0 Å². The number of hydrogen-bond donors (Lipinski definition) is 2. The molecule has 0 bridgehead atoms. The van der Waals surface area contributed by atoms with E-state index >= 15 is 0 Å². The molecule has 2 unspecified atom stereocenters. The summed E-state index contributed by atoms with van der Waals surface area (Å²) in [4.78, 5) is 14.0. The number of rotatable bonds is 2. The SMILES string of the molecule is CC1(C)CCCCC1NC(=O)N1CCC(CO)C1. The first-order valence-electron chi connectivity index (χ1n) is 7.19. The van der Waals surface area contributed by atoms with Crippen molar-refractivity contribution in [3.8, 4) is 0 Å². The van der Waals surface area contributed by atoms with Crippen molar-refractivity contribution in [1.82, 2.24) is 10.2 Å². The van der Waals surface area contributed by atoms with Crippen LogP contribution in [-0.2, 0) is 0 Å². The van der Waals surface area contributed by atoms with E-state index in [2.05, 4.69) is 19.2 Å². The molecule has 0 aromatic carbocycles. The van der Waals surface area contributed by atoms with Crippen LogP contribution in [0.5, 0.6) is 0 Å². The highest BCUT2D eigenvalue weighted by atomic mass is 16.3. The highest BCUT2D eigenvalue weighted by Gasteiger charge is 2.35. The third-order valence-electron chi connectivity index (χ3n) is 4.64. The molecule has 0 radical (unpaired) electrons. The molecule has 18 heavy (non-hydrogen) atoms. The summed E-state index contributed by atoms with van der Waals surface area (Å²) in [5.74, 6) is 0.273. The molecule has 2 atom stereocenters. The largest absolute Gasteiger partial charge is 0.396 e. The van der Waals surface area contributed by atoms with Gasteiger partial charge in [0.2, 0.25) is 0 Å². The third kappa shape index (κ3) is 2.97. The molecule has 0 aromatic heterocycles. The van der Waals surface area contributed by atoms with Crippen LogP contribution >= 0.6 is 0 Å². The first-order chi connectivity index (χ1) is 8.53. The second-order valence-corrected chi connectivity index (χ2v) is 6.52. The van der Waals surface area contributed by atoms with E-state index in [1.54, 1.807) is 0 Å². The summed E-state index contributed by atoms with van der Waals surface area (Å²) in [5, 5.41) is 12.3. The van der Waals surface area contributed by atoms with Gasteiger partial charge in [-0.3, -0.25) is 0 Å². The van der Waals surface area contributed by atoms with Crippen molar-refractivity contribution in [2.45, 2.75) is 52.0 Å². The monoisotopic (exact) mass is 254 g/mol. The van der Waals surface area contributed by atoms with Crippen molar-refractivity contribution in [3.63, 3.8) is 0 Å². The fourth-order valence-corrected chi connectivity index (χ4v) is 3.17. The number of carbonyl (C=O) groups excluding carboxylic acids is 1. The number of aliphatic hydroxyl groups is 1. The van der Waals surface area contributed by atoms with Crippen LogP contribution in [0.1, 0.15) is 46.0 Å². The maximum atomic E-state index is 12.2. The Morgan fingerprint density at radius 2 is 2.17 bits per heavy atom. The average Bonchev–Trinajstić information content (AvgIpc) is 2.80. The number of aliphatic hydroxyl groups excluding tert-OH is 1. The van der Waals surface area contributed by atoms with Crippen LogP contribution in [0.4, 0.5) is 4.79 Å². The lowest BCUT2D eigenvalue weighted by atomic mass is 9.73. The summed E-state index contributed by atoms with van der Waals surface area (Å²) < 4.78 is 0. The molecular weight excluding hydrogens is 228 g/mol. The minimum Gasteiger partial charge on any atom is -0.396 e. The Bertz CT molecular complexity index is 304. The predicted molar refractivity (Wildman–Crippen MR) is 71.3 cm³/mol. The normalized spacial score (nSPS) is 31.4. The highest BCUT2D eigenvalue weighted by molar-refractivity contribution is 5.75. The maximum Gasteiger partial charge on any atom is 0.317 e. The molecule has 2 fully saturated rings. The lowest BCUT2D eigenvalue weighted by Crippen LogP contribution is -2.51. The molecule has 2 aliphatic rings. The topological polar surface area (TPSA) is 52.6 Å². The lowest BCUT2D eigenvalue weighted by Gasteiger charge is -2.39. The van der Waals surface area contributed by atoms with Crippen LogP contribution in [0.3, 0.4) is 0 Å². The molecule has 2 amide bonds. The Morgan fingerprint density at radius 1 is 1.39 bits per heavy atom. The van der Waals surface area contributed by atoms with Gasteiger partial charge in [0.05, 0.1) is 0 Å². The predicted octanol–water partition coefficient (Wildman–Crippen LogP) is 1.98. The van der Waals surface area contributed by atoms with Gasteiger partial charge in [0.15, 0.2) is 0 Å². The van der Waals surface area contributed by atoms with Crippen molar-refractivity contribution in [2.24, 2.45) is 11.3 Å². The van der Waals surface area contributed by atoms with E-state index in [4.69, 9.17) is 5.11 Å². The molecule has 0 spiro atoms. The Balaban J connectivity index is 1.87. The van der Waals surface area contributed by atoms with Gasteiger partial charge in [-0.2, -0.15) is 0 Å². The molecule has 104 valence electrons. The van der Waals surface area contributed by atoms with E-state index in [1.165, 1.54) is 19.3 Å². The van der Waals surface area contributed by atoms with Crippen LogP contribution in [0, 0.1) is 11.3 Å². The standard InChI is InChI=1S/C14H26N2O2/c1-14(2)7-4-3-5-12(14)15-13(18)16-8-6-11(9-16)10-17/h11-12,17H,3-10H2,1-2H3,(H,15,18). The Labute approximate surface area is 110 Å². The number of nitrogens with zero attached hydrogens (tertiary/aromatic N) is 1. The Hall–Kier alpha value is -0.770. The van der Waals surface area contributed by atoms with E-state index in [0.717, 1.165) is 19.4 Å². The average molecular weight is 254 g/mol. The van der Waals surface area contributed by atoms with Gasteiger partial charge in [-0.05, 0) is 24.7 Å². The molecule has 1 saturated heterocycles. The second-order valence-electron chi connectivity index (χ2n) is 6.52. The van der Waals surface area contributed by atoms with Gasteiger partial charge in [-0.1, -0.05) is 26.7 Å². The van der Waals surface area contributed by atoms with Crippen molar-refractivity contribution in [3.05, 3.63) is 0 Å². The fraction of sp³-hybridized carbons (Fsp3) is 0.929. The first-order valence-corrected chi connectivity index (χ1v) is 7.19. The highest BCUT2D eigenvalue weighted by Crippen LogP contribution is 2.35. The van der Waals surface area contributed by atoms with Gasteiger partial charge < -0.3 is 15.3 Å². The minimum absolute atomic E-state index is 0.0610. The smallest absolute Gasteiger partial charge is 0.317 e. The van der Waals surface area contributed by atoms with E-state index in [1.807, 2.05) is 4.90 Å². The molecular formula is C14H26N2O2. The van der Waals surface area contributed by atoms with Crippen LogP contribution in [0.25, 0.3) is 0 Å². The van der Waals surface area contributed by atoms with Gasteiger partial charge in [0.25, 0.3) is 0 Å². The molecule has 0 aromatic rings. The molecule has 2 N–H and O–H groups in total. The van der Waals surface area contributed by atoms with E-state index < -0.39 is 0 Å². The van der Waals surface area contributed by atoms with E-state index in [-0.39, 0.29) is 24.0 Å². The zero-order chi connectivity index (χ0) is 13.2. The third-order valence-corrected chi connectivity index (χ3v) is 4.64. The summed E-state index contributed by atoms with van der Waals surface area (Å²) in [6, 6.07) is 0.359. The lowest BCUT2D eigenvalue weighted by molar-refractivity contribution is 0.150. The van der Waals surface area contributed by atoms with Gasteiger partial charge in [-0.25, -0.2) is 4.79 Å². The van der Waals surface area contributed by atoms with Gasteiger partial charge in [-0.15, -0.1) is 0 Å². The van der Waals surface area contributed by atoms with Crippen molar-refractivity contribution < 1.29 is 9.90 Å². The summed E-state index contributed by atoms with van der Waals surface area (Å²) >= 11 is 0. The number of carbonyl (C=O) groups is 1. The summed E-state index contributed by atoms with van der Waals surface area (Å²) in [7, 11) is 0. The van der Waals surface area contributed by atoms with Crippen molar-refractivity contribution >= 4 is 6.03 Å². The molecule has 1 aliphatic heterocycles. The number of likely N-dealkylation sites (tertiary alicyclic amines) is 1.